The Kier molecular flexibility index (Phi) is 4.70. The molecule has 0 fully saturated rings. The van der Waals surface area contributed by atoms with Crippen LogP contribution in [-0.4, -0.2) is 12.5 Å². The first-order chi connectivity index (χ1) is 9.97. The topological polar surface area (TPSA) is 64.3 Å². The molecule has 0 saturated heterocycles. The molecule has 0 unspecified atom stereocenters. The Balaban J connectivity index is 2.01. The van der Waals surface area contributed by atoms with Crippen LogP contribution in [0.3, 0.4) is 0 Å². The van der Waals surface area contributed by atoms with Crippen LogP contribution in [-0.2, 0) is 4.79 Å². The molecule has 0 spiro atoms. The molecule has 3 N–H and O–H groups in total. The number of anilines is 2. The van der Waals surface area contributed by atoms with Gasteiger partial charge in [-0.05, 0) is 43.2 Å². The Hall–Kier alpha value is -2.20. The zero-order valence-corrected chi connectivity index (χ0v) is 12.7. The molecular weight excluding hydrogens is 288 g/mol. The maximum absolute atomic E-state index is 11.9. The van der Waals surface area contributed by atoms with Crippen molar-refractivity contribution in [2.45, 2.75) is 13.8 Å². The second-order valence-corrected chi connectivity index (χ2v) is 5.23. The molecule has 1 amide bonds. The molecule has 0 atom stereocenters. The zero-order chi connectivity index (χ0) is 15.4. The fourth-order valence-electron chi connectivity index (χ4n) is 1.99. The van der Waals surface area contributed by atoms with Gasteiger partial charge >= 0.3 is 0 Å². The van der Waals surface area contributed by atoms with Crippen molar-refractivity contribution in [1.82, 2.24) is 0 Å². The number of nitrogens with two attached hydrogens (primary N) is 1. The van der Waals surface area contributed by atoms with Gasteiger partial charge in [-0.15, -0.1) is 0 Å². The maximum atomic E-state index is 11.9. The number of amides is 1. The van der Waals surface area contributed by atoms with Gasteiger partial charge in [-0.25, -0.2) is 0 Å². The van der Waals surface area contributed by atoms with Crippen molar-refractivity contribution >= 4 is 28.9 Å². The average Bonchev–Trinajstić information content (AvgIpc) is 2.42. The van der Waals surface area contributed by atoms with Crippen LogP contribution in [0.1, 0.15) is 11.1 Å². The molecule has 2 rings (SSSR count). The van der Waals surface area contributed by atoms with Crippen molar-refractivity contribution in [3.05, 3.63) is 52.5 Å². The number of benzene rings is 2. The summed E-state index contributed by atoms with van der Waals surface area (Å²) in [6.07, 6.45) is 0. The molecule has 110 valence electrons. The van der Waals surface area contributed by atoms with E-state index in [1.165, 1.54) is 0 Å². The van der Waals surface area contributed by atoms with Gasteiger partial charge in [0.25, 0.3) is 5.91 Å². The van der Waals surface area contributed by atoms with Crippen LogP contribution in [0.25, 0.3) is 0 Å². The Labute approximate surface area is 128 Å². The summed E-state index contributed by atoms with van der Waals surface area (Å²) in [4.78, 5) is 11.9. The summed E-state index contributed by atoms with van der Waals surface area (Å²) in [6, 6.07) is 10.7. The van der Waals surface area contributed by atoms with Gasteiger partial charge in [0.05, 0.1) is 11.4 Å². The number of ether oxygens (including phenoxy) is 1. The summed E-state index contributed by atoms with van der Waals surface area (Å²) < 4.78 is 5.59. The SMILES string of the molecule is Cc1cccc(C)c1OCC(=O)Nc1cc(Cl)ccc1N. The van der Waals surface area contributed by atoms with Crippen LogP contribution >= 0.6 is 11.6 Å². The molecule has 5 heteroatoms. The second-order valence-electron chi connectivity index (χ2n) is 4.79. The predicted octanol–water partition coefficient (Wildman–Crippen LogP) is 3.56. The molecule has 0 bridgehead atoms. The molecule has 4 nitrogen and oxygen atoms in total. The van der Waals surface area contributed by atoms with E-state index >= 15 is 0 Å². The average molecular weight is 305 g/mol. The summed E-state index contributed by atoms with van der Waals surface area (Å²) in [6.45, 7) is 3.79. The molecule has 0 heterocycles. The normalized spacial score (nSPS) is 10.2. The van der Waals surface area contributed by atoms with Crippen LogP contribution in [0.4, 0.5) is 11.4 Å². The van der Waals surface area contributed by atoms with E-state index in [9.17, 15) is 4.79 Å². The van der Waals surface area contributed by atoms with E-state index in [-0.39, 0.29) is 12.5 Å². The van der Waals surface area contributed by atoms with Gasteiger partial charge < -0.3 is 15.8 Å². The van der Waals surface area contributed by atoms with Crippen molar-refractivity contribution in [3.63, 3.8) is 0 Å². The summed E-state index contributed by atoms with van der Waals surface area (Å²) in [7, 11) is 0. The second kappa shape index (κ2) is 6.50. The molecule has 0 saturated carbocycles. The van der Waals surface area contributed by atoms with Gasteiger partial charge in [-0.1, -0.05) is 29.8 Å². The van der Waals surface area contributed by atoms with Crippen LogP contribution < -0.4 is 15.8 Å². The van der Waals surface area contributed by atoms with E-state index < -0.39 is 0 Å². The third-order valence-corrected chi connectivity index (χ3v) is 3.28. The number of nitrogens with one attached hydrogen (secondary N) is 1. The first-order valence-electron chi connectivity index (χ1n) is 6.51. The number of halogens is 1. The minimum atomic E-state index is -0.286. The molecule has 2 aromatic rings. The van der Waals surface area contributed by atoms with E-state index in [2.05, 4.69) is 5.32 Å². The first kappa shape index (κ1) is 15.2. The molecule has 0 aliphatic rings. The molecule has 0 aliphatic heterocycles. The number of hydrogen-bond acceptors (Lipinski definition) is 3. The lowest BCUT2D eigenvalue weighted by molar-refractivity contribution is -0.118. The smallest absolute Gasteiger partial charge is 0.262 e. The van der Waals surface area contributed by atoms with E-state index in [4.69, 9.17) is 22.1 Å². The highest BCUT2D eigenvalue weighted by atomic mass is 35.5. The minimum absolute atomic E-state index is 0.0857. The summed E-state index contributed by atoms with van der Waals surface area (Å²) in [5.74, 6) is 0.443. The number of nitrogen functional groups attached to an aromatic ring is 1. The van der Waals surface area contributed by atoms with Crippen LogP contribution in [0.15, 0.2) is 36.4 Å². The Bertz CT molecular complexity index is 651. The van der Waals surface area contributed by atoms with Gasteiger partial charge in [0.1, 0.15) is 5.75 Å². The van der Waals surface area contributed by atoms with E-state index in [1.807, 2.05) is 32.0 Å². The summed E-state index contributed by atoms with van der Waals surface area (Å²) in [5.41, 5.74) is 8.70. The van der Waals surface area contributed by atoms with Crippen molar-refractivity contribution in [2.24, 2.45) is 0 Å². The number of carbonyl (C=O) groups is 1. The summed E-state index contributed by atoms with van der Waals surface area (Å²) >= 11 is 5.88. The van der Waals surface area contributed by atoms with Gasteiger partial charge in [-0.3, -0.25) is 4.79 Å². The number of aryl methyl sites for hydroxylation is 2. The number of hydrogen-bond donors (Lipinski definition) is 2. The van der Waals surface area contributed by atoms with Gasteiger partial charge in [0.15, 0.2) is 6.61 Å². The Morgan fingerprint density at radius 1 is 1.24 bits per heavy atom. The fraction of sp³-hybridized carbons (Fsp3) is 0.188. The highest BCUT2D eigenvalue weighted by Gasteiger charge is 2.09. The number of carbonyl (C=O) groups excluding carboxylic acids is 1. The maximum Gasteiger partial charge on any atom is 0.262 e. The predicted molar refractivity (Wildman–Crippen MR) is 85.9 cm³/mol. The molecule has 21 heavy (non-hydrogen) atoms. The largest absolute Gasteiger partial charge is 0.483 e. The molecular formula is C16H17ClN2O2. The van der Waals surface area contributed by atoms with Crippen LogP contribution in [0, 0.1) is 13.8 Å². The van der Waals surface area contributed by atoms with Gasteiger partial charge in [0.2, 0.25) is 0 Å². The number of rotatable bonds is 4. The highest BCUT2D eigenvalue weighted by Crippen LogP contribution is 2.24. The third-order valence-electron chi connectivity index (χ3n) is 3.05. The van der Waals surface area contributed by atoms with E-state index in [0.29, 0.717) is 16.4 Å². The molecule has 0 aliphatic carbocycles. The zero-order valence-electron chi connectivity index (χ0n) is 11.9. The van der Waals surface area contributed by atoms with Crippen LogP contribution in [0.5, 0.6) is 5.75 Å². The first-order valence-corrected chi connectivity index (χ1v) is 6.89. The van der Waals surface area contributed by atoms with Crippen molar-refractivity contribution < 1.29 is 9.53 Å². The number of para-hydroxylation sites is 1. The lowest BCUT2D eigenvalue weighted by atomic mass is 10.1. The van der Waals surface area contributed by atoms with Crippen molar-refractivity contribution in [2.75, 3.05) is 17.7 Å². The Morgan fingerprint density at radius 2 is 1.90 bits per heavy atom. The third kappa shape index (κ3) is 3.89. The van der Waals surface area contributed by atoms with Crippen molar-refractivity contribution in [3.8, 4) is 5.75 Å². The molecule has 0 radical (unpaired) electrons. The highest BCUT2D eigenvalue weighted by molar-refractivity contribution is 6.31. The molecule has 0 aromatic heterocycles. The monoisotopic (exact) mass is 304 g/mol. The van der Waals surface area contributed by atoms with E-state index in [0.717, 1.165) is 16.9 Å². The van der Waals surface area contributed by atoms with Crippen LogP contribution in [0.2, 0.25) is 5.02 Å². The van der Waals surface area contributed by atoms with Gasteiger partial charge in [-0.2, -0.15) is 0 Å². The fourth-order valence-corrected chi connectivity index (χ4v) is 2.16. The minimum Gasteiger partial charge on any atom is -0.483 e. The molecule has 2 aromatic carbocycles. The summed E-state index contributed by atoms with van der Waals surface area (Å²) in [5, 5.41) is 3.20. The standard InChI is InChI=1S/C16H17ClN2O2/c1-10-4-3-5-11(2)16(10)21-9-15(20)19-14-8-12(17)6-7-13(14)18/h3-8H,9,18H2,1-2H3,(H,19,20). The Morgan fingerprint density at radius 3 is 2.57 bits per heavy atom. The lowest BCUT2D eigenvalue weighted by Crippen LogP contribution is -2.21. The lowest BCUT2D eigenvalue weighted by Gasteiger charge is -2.12. The quantitative estimate of drug-likeness (QED) is 0.849. The van der Waals surface area contributed by atoms with Gasteiger partial charge in [0, 0.05) is 5.02 Å². The van der Waals surface area contributed by atoms with Crippen molar-refractivity contribution in [1.29, 1.82) is 0 Å². The van der Waals surface area contributed by atoms with E-state index in [1.54, 1.807) is 18.2 Å².